The van der Waals surface area contributed by atoms with Gasteiger partial charge in [-0.25, -0.2) is 4.98 Å². The predicted octanol–water partition coefficient (Wildman–Crippen LogP) is 0.179. The van der Waals surface area contributed by atoms with E-state index in [-0.39, 0.29) is 5.95 Å². The third-order valence-corrected chi connectivity index (χ3v) is 2.68. The van der Waals surface area contributed by atoms with Crippen molar-refractivity contribution in [2.45, 2.75) is 19.6 Å². The maximum Gasteiger partial charge on any atom is 0.222 e. The lowest BCUT2D eigenvalue weighted by atomic mass is 10.2. The summed E-state index contributed by atoms with van der Waals surface area (Å²) in [5.74, 6) is 0.185. The summed E-state index contributed by atoms with van der Waals surface area (Å²) in [7, 11) is 0. The minimum absolute atomic E-state index is 0.185. The highest BCUT2D eigenvalue weighted by Crippen LogP contribution is 2.23. The summed E-state index contributed by atoms with van der Waals surface area (Å²) in [6.07, 6.45) is 2.96. The second-order valence-electron chi connectivity index (χ2n) is 4.34. The zero-order valence-electron chi connectivity index (χ0n) is 10.3. The maximum atomic E-state index is 9.33. The van der Waals surface area contributed by atoms with Crippen LogP contribution in [0.1, 0.15) is 6.92 Å². The number of fused-ring (bicyclic) bond motifs is 1. The molecule has 0 aliphatic heterocycles. The van der Waals surface area contributed by atoms with Crippen molar-refractivity contribution in [3.63, 3.8) is 0 Å². The van der Waals surface area contributed by atoms with Crippen LogP contribution in [0.25, 0.3) is 22.4 Å². The van der Waals surface area contributed by atoms with Gasteiger partial charge in [0.25, 0.3) is 0 Å². The summed E-state index contributed by atoms with van der Waals surface area (Å²) in [5, 5.41) is 21.4. The second-order valence-corrected chi connectivity index (χ2v) is 4.34. The highest BCUT2D eigenvalue weighted by atomic mass is 16.3. The molecule has 0 amide bonds. The number of aliphatic hydroxyl groups excluding tert-OH is 1. The van der Waals surface area contributed by atoms with Gasteiger partial charge < -0.3 is 10.8 Å². The van der Waals surface area contributed by atoms with E-state index in [0.717, 1.165) is 16.8 Å². The Morgan fingerprint density at radius 1 is 1.53 bits per heavy atom. The van der Waals surface area contributed by atoms with Gasteiger partial charge >= 0.3 is 0 Å². The second kappa shape index (κ2) is 4.32. The molecule has 0 aliphatic carbocycles. The third-order valence-electron chi connectivity index (χ3n) is 2.68. The van der Waals surface area contributed by atoms with E-state index in [1.165, 1.54) is 0 Å². The molecule has 1 atom stereocenters. The molecule has 8 heteroatoms. The number of aromatic nitrogens is 6. The van der Waals surface area contributed by atoms with E-state index in [2.05, 4.69) is 25.3 Å². The molecule has 98 valence electrons. The summed E-state index contributed by atoms with van der Waals surface area (Å²) >= 11 is 0. The molecule has 0 radical (unpaired) electrons. The molecule has 1 unspecified atom stereocenters. The first-order valence-corrected chi connectivity index (χ1v) is 5.82. The largest absolute Gasteiger partial charge is 0.391 e. The van der Waals surface area contributed by atoms with Crippen molar-refractivity contribution in [2.75, 3.05) is 5.73 Å². The lowest BCUT2D eigenvalue weighted by Crippen LogP contribution is -2.11. The monoisotopic (exact) mass is 259 g/mol. The Hall–Kier alpha value is -2.48. The summed E-state index contributed by atoms with van der Waals surface area (Å²) in [6, 6.07) is 1.84. The number of rotatable bonds is 3. The van der Waals surface area contributed by atoms with Crippen LogP contribution in [0.5, 0.6) is 0 Å². The number of hydrogen-bond donors (Lipinski definition) is 3. The van der Waals surface area contributed by atoms with Crippen molar-refractivity contribution in [1.82, 2.24) is 29.9 Å². The number of aromatic amines is 1. The first-order valence-electron chi connectivity index (χ1n) is 5.82. The first kappa shape index (κ1) is 11.6. The number of nitrogens with two attached hydrogens (primary N) is 1. The molecule has 3 aromatic heterocycles. The first-order chi connectivity index (χ1) is 9.13. The molecule has 0 saturated heterocycles. The number of aliphatic hydroxyl groups is 1. The highest BCUT2D eigenvalue weighted by molar-refractivity contribution is 5.89. The Morgan fingerprint density at radius 2 is 2.37 bits per heavy atom. The molecule has 0 aromatic carbocycles. The standard InChI is InChI=1S/C11H13N7O/c1-6(19)5-18-3-2-8(17-18)9-7-4-13-11(12)14-10(7)16-15-9/h2-4,6,19H,5H2,1H3,(H3,12,13,14,15,16). The van der Waals surface area contributed by atoms with Crippen molar-refractivity contribution < 1.29 is 5.11 Å². The summed E-state index contributed by atoms with van der Waals surface area (Å²) in [4.78, 5) is 7.98. The molecule has 3 aromatic rings. The fourth-order valence-electron chi connectivity index (χ4n) is 1.88. The molecule has 0 aliphatic rings. The van der Waals surface area contributed by atoms with E-state index in [4.69, 9.17) is 5.73 Å². The van der Waals surface area contributed by atoms with E-state index >= 15 is 0 Å². The fourth-order valence-corrected chi connectivity index (χ4v) is 1.88. The van der Waals surface area contributed by atoms with Crippen molar-refractivity contribution in [3.8, 4) is 11.4 Å². The van der Waals surface area contributed by atoms with Crippen molar-refractivity contribution in [2.24, 2.45) is 0 Å². The zero-order valence-corrected chi connectivity index (χ0v) is 10.3. The Bertz CT molecular complexity index is 715. The van der Waals surface area contributed by atoms with Gasteiger partial charge in [0.05, 0.1) is 23.7 Å². The van der Waals surface area contributed by atoms with Crippen LogP contribution in [0.15, 0.2) is 18.5 Å². The van der Waals surface area contributed by atoms with Gasteiger partial charge in [0.15, 0.2) is 5.65 Å². The molecule has 3 heterocycles. The highest BCUT2D eigenvalue weighted by Gasteiger charge is 2.12. The molecule has 3 rings (SSSR count). The fraction of sp³-hybridized carbons (Fsp3) is 0.273. The molecular formula is C11H13N7O. The van der Waals surface area contributed by atoms with Gasteiger partial charge in [-0.15, -0.1) is 0 Å². The Morgan fingerprint density at radius 3 is 3.16 bits per heavy atom. The Balaban J connectivity index is 2.02. The molecule has 19 heavy (non-hydrogen) atoms. The molecule has 0 bridgehead atoms. The van der Waals surface area contributed by atoms with Crippen LogP contribution in [0.2, 0.25) is 0 Å². The van der Waals surface area contributed by atoms with Crippen molar-refractivity contribution >= 4 is 17.0 Å². The average Bonchev–Trinajstić information content (AvgIpc) is 2.93. The topological polar surface area (TPSA) is 119 Å². The molecule has 8 nitrogen and oxygen atoms in total. The van der Waals surface area contributed by atoms with Gasteiger partial charge in [-0.2, -0.15) is 15.2 Å². The van der Waals surface area contributed by atoms with Crippen LogP contribution >= 0.6 is 0 Å². The molecule has 0 saturated carbocycles. The quantitative estimate of drug-likeness (QED) is 0.617. The van der Waals surface area contributed by atoms with E-state index in [1.54, 1.807) is 24.0 Å². The van der Waals surface area contributed by atoms with E-state index < -0.39 is 6.10 Å². The van der Waals surface area contributed by atoms with Gasteiger partial charge in [0.2, 0.25) is 5.95 Å². The van der Waals surface area contributed by atoms with Crippen molar-refractivity contribution in [3.05, 3.63) is 18.5 Å². The zero-order chi connectivity index (χ0) is 13.4. The number of anilines is 1. The summed E-state index contributed by atoms with van der Waals surface area (Å²) in [5.41, 5.74) is 7.47. The predicted molar refractivity (Wildman–Crippen MR) is 69.0 cm³/mol. The van der Waals surface area contributed by atoms with E-state index in [0.29, 0.717) is 12.2 Å². The maximum absolute atomic E-state index is 9.33. The van der Waals surface area contributed by atoms with Gasteiger partial charge in [-0.3, -0.25) is 9.78 Å². The van der Waals surface area contributed by atoms with Gasteiger partial charge in [0, 0.05) is 12.4 Å². The summed E-state index contributed by atoms with van der Waals surface area (Å²) in [6.45, 7) is 2.15. The smallest absolute Gasteiger partial charge is 0.222 e. The third kappa shape index (κ3) is 2.13. The minimum Gasteiger partial charge on any atom is -0.391 e. The van der Waals surface area contributed by atoms with Crippen LogP contribution in [0.3, 0.4) is 0 Å². The SMILES string of the molecule is CC(O)Cn1ccc(-c2[nH]nc3nc(N)ncc23)n1. The van der Waals surface area contributed by atoms with Gasteiger partial charge in [-0.1, -0.05) is 0 Å². The normalized spacial score (nSPS) is 12.9. The van der Waals surface area contributed by atoms with Crippen LogP contribution < -0.4 is 5.73 Å². The van der Waals surface area contributed by atoms with Crippen molar-refractivity contribution in [1.29, 1.82) is 0 Å². The van der Waals surface area contributed by atoms with Crippen LogP contribution in [-0.2, 0) is 6.54 Å². The Labute approximate surface area is 108 Å². The number of nitrogens with one attached hydrogen (secondary N) is 1. The van der Waals surface area contributed by atoms with Crippen LogP contribution in [-0.4, -0.2) is 41.2 Å². The van der Waals surface area contributed by atoms with Crippen LogP contribution in [0, 0.1) is 0 Å². The molecule has 4 N–H and O–H groups in total. The van der Waals surface area contributed by atoms with Crippen LogP contribution in [0.4, 0.5) is 5.95 Å². The van der Waals surface area contributed by atoms with E-state index in [1.807, 2.05) is 6.07 Å². The lowest BCUT2D eigenvalue weighted by Gasteiger charge is -2.02. The molecular weight excluding hydrogens is 246 g/mol. The minimum atomic E-state index is -0.450. The van der Waals surface area contributed by atoms with Gasteiger partial charge in [-0.05, 0) is 13.0 Å². The number of nitrogens with zero attached hydrogens (tertiary/aromatic N) is 5. The number of nitrogen functional groups attached to an aromatic ring is 1. The summed E-state index contributed by atoms with van der Waals surface area (Å²) < 4.78 is 1.67. The van der Waals surface area contributed by atoms with E-state index in [9.17, 15) is 5.11 Å². The number of hydrogen-bond acceptors (Lipinski definition) is 6. The molecule has 0 spiro atoms. The lowest BCUT2D eigenvalue weighted by molar-refractivity contribution is 0.168. The number of H-pyrrole nitrogens is 1. The molecule has 0 fully saturated rings. The Kier molecular flexibility index (Phi) is 2.64. The van der Waals surface area contributed by atoms with Gasteiger partial charge in [0.1, 0.15) is 5.69 Å². The average molecular weight is 259 g/mol.